The molecule has 0 aromatic heterocycles. The average molecular weight is 627 g/mol. The van der Waals surface area contributed by atoms with Crippen molar-refractivity contribution in [2.24, 2.45) is 17.3 Å². The molecule has 4 heteroatoms. The van der Waals surface area contributed by atoms with Gasteiger partial charge in [-0.05, 0) is 129 Å². The van der Waals surface area contributed by atoms with Crippen LogP contribution in [0.25, 0.3) is 0 Å². The Labute approximate surface area is 276 Å². The zero-order valence-corrected chi connectivity index (χ0v) is 30.0. The van der Waals surface area contributed by atoms with Gasteiger partial charge in [-0.15, -0.1) is 32.0 Å². The molecule has 2 atom stereocenters. The number of allylic oxidation sites excluding steroid dienone is 1. The maximum Gasteiger partial charge on any atom is 0.220 e. The van der Waals surface area contributed by atoms with Crippen LogP contribution in [-0.2, 0) is 30.5 Å². The number of benzene rings is 2. The molecular formula is C41H59N2OP. The fraction of sp³-hybridized carbons (Fsp3) is 0.512. The highest BCUT2D eigenvalue weighted by molar-refractivity contribution is 7.72. The van der Waals surface area contributed by atoms with Crippen molar-refractivity contribution in [2.45, 2.75) is 85.5 Å². The Kier molecular flexibility index (Phi) is 15.9. The number of carbonyl (C=O) groups is 1. The van der Waals surface area contributed by atoms with Gasteiger partial charge in [0.25, 0.3) is 0 Å². The van der Waals surface area contributed by atoms with Crippen LogP contribution in [0.1, 0.15) is 87.6 Å². The quantitative estimate of drug-likeness (QED) is 0.260. The molecule has 244 valence electrons. The predicted octanol–water partition coefficient (Wildman–Crippen LogP) is 8.35. The highest BCUT2D eigenvalue weighted by Gasteiger charge is 2.35. The van der Waals surface area contributed by atoms with Gasteiger partial charge in [-0.2, -0.15) is 0 Å². The lowest BCUT2D eigenvalue weighted by molar-refractivity contribution is -0.119. The molecule has 2 aliphatic carbocycles. The summed E-state index contributed by atoms with van der Waals surface area (Å²) in [5.74, 6) is 6.78. The number of nitrogens with one attached hydrogen (secondary N) is 2. The molecule has 2 aliphatic heterocycles. The molecule has 45 heavy (non-hydrogen) atoms. The van der Waals surface area contributed by atoms with Gasteiger partial charge >= 0.3 is 0 Å². The standard InChI is InChI=1S/C16H25P.C13H14.C5H9N.C4H7NO.C3H4/c1-16(2)11-14-9-7-6-8-13(14)10-15(16)12-17(3,4)5;1-3-11-5-7-12-8-10(2)4-6-13(12)9-11;1-5-3-2-4-6-5;6-4-2-1-3-5-4;1-3-2/h6-9,15H,3,10-12H2,1-2,4-5H3;1,5,7,9-10H,4,6,8H2,2H3;6H,1-4H2;1-3H2,(H,5,6);1H,2H3. The summed E-state index contributed by atoms with van der Waals surface area (Å²) < 4.78 is 0. The number of hydrogen-bond donors (Lipinski definition) is 2. The van der Waals surface area contributed by atoms with E-state index in [2.05, 4.69) is 118 Å². The third kappa shape index (κ3) is 14.2. The first-order chi connectivity index (χ1) is 21.3. The van der Waals surface area contributed by atoms with Crippen LogP contribution in [0.3, 0.4) is 0 Å². The molecule has 0 spiro atoms. The molecule has 0 radical (unpaired) electrons. The summed E-state index contributed by atoms with van der Waals surface area (Å²) in [4.78, 5) is 10.1. The van der Waals surface area contributed by atoms with Gasteiger partial charge in [-0.25, -0.2) is 0 Å². The summed E-state index contributed by atoms with van der Waals surface area (Å²) in [5.41, 5.74) is 8.76. The van der Waals surface area contributed by atoms with E-state index in [1.165, 1.54) is 67.9 Å². The summed E-state index contributed by atoms with van der Waals surface area (Å²) in [6.45, 7) is 18.4. The molecular weight excluding hydrogens is 567 g/mol. The molecule has 2 heterocycles. The Bertz CT molecular complexity index is 1350. The van der Waals surface area contributed by atoms with Gasteiger partial charge in [-0.1, -0.05) is 63.6 Å². The fourth-order valence-electron chi connectivity index (χ4n) is 6.26. The molecule has 4 aliphatic rings. The van der Waals surface area contributed by atoms with Crippen LogP contribution in [0.4, 0.5) is 0 Å². The summed E-state index contributed by atoms with van der Waals surface area (Å²) >= 11 is 0. The van der Waals surface area contributed by atoms with Gasteiger partial charge in [0.05, 0.1) is 0 Å². The SMILES string of the molecule is C#CC.C#Cc1ccc2c(c1)CCC(C)C2.C=C1CCCN1.C=P(C)(C)CC1Cc2ccccc2CC1(C)C.O=C1CCCN1. The number of carbonyl (C=O) groups excluding carboxylic acids is 1. The maximum atomic E-state index is 10.1. The lowest BCUT2D eigenvalue weighted by Gasteiger charge is -2.41. The van der Waals surface area contributed by atoms with Crippen molar-refractivity contribution in [3.63, 3.8) is 0 Å². The molecule has 2 unspecified atom stereocenters. The maximum absolute atomic E-state index is 10.1. The topological polar surface area (TPSA) is 41.1 Å². The van der Waals surface area contributed by atoms with E-state index < -0.39 is 6.89 Å². The smallest absolute Gasteiger partial charge is 0.220 e. The molecule has 6 rings (SSSR count). The number of amides is 1. The second-order valence-corrected chi connectivity index (χ2v) is 18.5. The first-order valence-corrected chi connectivity index (χ1v) is 19.7. The van der Waals surface area contributed by atoms with E-state index in [0.717, 1.165) is 43.3 Å². The van der Waals surface area contributed by atoms with E-state index in [9.17, 15) is 4.79 Å². The van der Waals surface area contributed by atoms with Gasteiger partial charge in [0.15, 0.2) is 0 Å². The van der Waals surface area contributed by atoms with E-state index >= 15 is 0 Å². The van der Waals surface area contributed by atoms with Crippen molar-refractivity contribution in [1.82, 2.24) is 10.6 Å². The zero-order valence-electron chi connectivity index (χ0n) is 29.1. The lowest BCUT2D eigenvalue weighted by atomic mass is 9.67. The summed E-state index contributed by atoms with van der Waals surface area (Å²) in [7, 11) is 0. The average Bonchev–Trinajstić information content (AvgIpc) is 3.67. The lowest BCUT2D eigenvalue weighted by Crippen LogP contribution is -2.35. The molecule has 3 nitrogen and oxygen atoms in total. The van der Waals surface area contributed by atoms with Gasteiger partial charge in [0, 0.05) is 30.8 Å². The first kappa shape index (κ1) is 38.1. The van der Waals surface area contributed by atoms with Crippen LogP contribution in [-0.4, -0.2) is 44.8 Å². The van der Waals surface area contributed by atoms with Crippen LogP contribution in [0.15, 0.2) is 54.7 Å². The second kappa shape index (κ2) is 18.7. The van der Waals surface area contributed by atoms with Crippen LogP contribution < -0.4 is 10.6 Å². The largest absolute Gasteiger partial charge is 0.389 e. The Morgan fingerprint density at radius 1 is 0.933 bits per heavy atom. The fourth-order valence-corrected chi connectivity index (χ4v) is 8.08. The van der Waals surface area contributed by atoms with Gasteiger partial charge < -0.3 is 10.6 Å². The molecule has 2 aromatic carbocycles. The van der Waals surface area contributed by atoms with Crippen molar-refractivity contribution >= 4 is 19.1 Å². The third-order valence-electron chi connectivity index (χ3n) is 8.83. The predicted molar refractivity (Wildman–Crippen MR) is 201 cm³/mol. The molecule has 2 N–H and O–H groups in total. The third-order valence-corrected chi connectivity index (χ3v) is 10.3. The molecule has 0 bridgehead atoms. The Hall–Kier alpha value is -3.13. The Morgan fingerprint density at radius 3 is 2.04 bits per heavy atom. The van der Waals surface area contributed by atoms with Crippen molar-refractivity contribution in [3.8, 4) is 24.7 Å². The number of hydrogen-bond acceptors (Lipinski definition) is 2. The highest BCUT2D eigenvalue weighted by Crippen LogP contribution is 2.47. The normalized spacial score (nSPS) is 20.4. The number of fused-ring (bicyclic) bond motifs is 2. The molecule has 2 fully saturated rings. The molecule has 0 saturated carbocycles. The first-order valence-electron chi connectivity index (χ1n) is 16.7. The van der Waals surface area contributed by atoms with E-state index in [-0.39, 0.29) is 5.91 Å². The van der Waals surface area contributed by atoms with Crippen molar-refractivity contribution in [3.05, 3.63) is 82.6 Å². The minimum Gasteiger partial charge on any atom is -0.389 e. The number of terminal acetylenes is 2. The van der Waals surface area contributed by atoms with Crippen molar-refractivity contribution in [2.75, 3.05) is 32.6 Å². The second-order valence-electron chi connectivity index (χ2n) is 14.3. The van der Waals surface area contributed by atoms with Crippen LogP contribution in [0.5, 0.6) is 0 Å². The molecule has 2 saturated heterocycles. The number of rotatable bonds is 2. The minimum absolute atomic E-state index is 0.204. The summed E-state index contributed by atoms with van der Waals surface area (Å²) in [6.07, 6.45) is 26.1. The van der Waals surface area contributed by atoms with Gasteiger partial charge in [0.1, 0.15) is 0 Å². The Balaban J connectivity index is 0.000000220. The highest BCUT2D eigenvalue weighted by atomic mass is 31.2. The van der Waals surface area contributed by atoms with E-state index in [1.54, 1.807) is 18.1 Å². The summed E-state index contributed by atoms with van der Waals surface area (Å²) in [6, 6.07) is 15.4. The van der Waals surface area contributed by atoms with E-state index in [4.69, 9.17) is 6.42 Å². The van der Waals surface area contributed by atoms with Crippen molar-refractivity contribution in [1.29, 1.82) is 0 Å². The van der Waals surface area contributed by atoms with E-state index in [1.807, 2.05) is 0 Å². The van der Waals surface area contributed by atoms with Gasteiger partial charge in [-0.3, -0.25) is 4.79 Å². The summed E-state index contributed by atoms with van der Waals surface area (Å²) in [5, 5.41) is 5.81. The monoisotopic (exact) mass is 626 g/mol. The molecule has 2 aromatic rings. The zero-order chi connectivity index (χ0) is 33.5. The van der Waals surface area contributed by atoms with Crippen LogP contribution >= 0.6 is 6.89 Å². The van der Waals surface area contributed by atoms with Crippen LogP contribution in [0, 0.1) is 41.9 Å². The minimum atomic E-state index is -0.926. The Morgan fingerprint density at radius 2 is 1.56 bits per heavy atom. The van der Waals surface area contributed by atoms with E-state index in [0.29, 0.717) is 5.41 Å². The number of aryl methyl sites for hydroxylation is 1. The van der Waals surface area contributed by atoms with Crippen molar-refractivity contribution < 1.29 is 4.79 Å². The van der Waals surface area contributed by atoms with Crippen LogP contribution in [0.2, 0.25) is 0 Å². The molecule has 1 amide bonds. The van der Waals surface area contributed by atoms with Gasteiger partial charge in [0.2, 0.25) is 5.91 Å².